The number of ether oxygens (including phenoxy) is 1. The zero-order chi connectivity index (χ0) is 26.8. The molecule has 9 nitrogen and oxygen atoms in total. The quantitative estimate of drug-likeness (QED) is 0.396. The summed E-state index contributed by atoms with van der Waals surface area (Å²) < 4.78 is 5.43. The van der Waals surface area contributed by atoms with E-state index < -0.39 is 47.6 Å². The molecule has 3 amide bonds. The topological polar surface area (TPSA) is 125 Å². The summed E-state index contributed by atoms with van der Waals surface area (Å²) in [6.07, 6.45) is 1.61. The number of carbonyl (C=O) groups excluding carboxylic acids is 3. The number of rotatable bonds is 12. The van der Waals surface area contributed by atoms with Gasteiger partial charge < -0.3 is 20.5 Å². The van der Waals surface area contributed by atoms with Crippen LogP contribution in [-0.2, 0) is 25.5 Å². The lowest BCUT2D eigenvalue weighted by Gasteiger charge is -2.32. The number of carboxylic acid groups (broad SMARTS) is 1. The molecule has 1 aromatic rings. The van der Waals surface area contributed by atoms with Gasteiger partial charge in [0.2, 0.25) is 11.8 Å². The molecule has 0 fully saturated rings. The molecule has 0 saturated carbocycles. The van der Waals surface area contributed by atoms with Gasteiger partial charge in [-0.3, -0.25) is 14.5 Å². The molecule has 0 saturated heterocycles. The van der Waals surface area contributed by atoms with Gasteiger partial charge in [-0.2, -0.15) is 11.8 Å². The van der Waals surface area contributed by atoms with E-state index in [9.17, 15) is 24.3 Å². The Kier molecular flexibility index (Phi) is 12.1. The van der Waals surface area contributed by atoms with Crippen LogP contribution in [0.4, 0.5) is 4.79 Å². The number of thioether (sulfide) groups is 1. The minimum atomic E-state index is -1.15. The van der Waals surface area contributed by atoms with Crippen molar-refractivity contribution in [2.75, 3.05) is 19.1 Å². The summed E-state index contributed by atoms with van der Waals surface area (Å²) in [5.74, 6) is -2.01. The lowest BCUT2D eigenvalue weighted by molar-refractivity contribution is -0.141. The number of nitrogens with one attached hydrogen (secondary N) is 2. The summed E-state index contributed by atoms with van der Waals surface area (Å²) in [5.41, 5.74) is 0.0638. The molecule has 1 aromatic carbocycles. The third kappa shape index (κ3) is 11.0. The first-order chi connectivity index (χ1) is 16.2. The monoisotopic (exact) mass is 509 g/mol. The highest BCUT2D eigenvalue weighted by Crippen LogP contribution is 2.16. The van der Waals surface area contributed by atoms with Crippen molar-refractivity contribution in [2.45, 2.75) is 71.2 Å². The number of aliphatic carboxylic acids is 1. The van der Waals surface area contributed by atoms with Crippen LogP contribution >= 0.6 is 11.8 Å². The van der Waals surface area contributed by atoms with Crippen molar-refractivity contribution in [1.82, 2.24) is 15.5 Å². The second-order valence-corrected chi connectivity index (χ2v) is 10.8. The van der Waals surface area contributed by atoms with Gasteiger partial charge in [-0.05, 0) is 44.9 Å². The Bertz CT molecular complexity index is 857. The SMILES string of the molecule is CSCC(NC(=O)C(Cc1ccccc1)NC(=O)C(CC(C)C)N(C)C(=O)OC(C)(C)C)C(=O)O. The molecule has 0 bridgehead atoms. The zero-order valence-electron chi connectivity index (χ0n) is 21.7. The number of nitrogens with zero attached hydrogens (tertiary/aromatic N) is 1. The molecule has 0 aliphatic rings. The normalized spacial score (nSPS) is 13.9. The van der Waals surface area contributed by atoms with Gasteiger partial charge >= 0.3 is 12.1 Å². The van der Waals surface area contributed by atoms with Gasteiger partial charge in [0.05, 0.1) is 0 Å². The molecule has 0 aromatic heterocycles. The van der Waals surface area contributed by atoms with Gasteiger partial charge in [0.15, 0.2) is 0 Å². The molecular weight excluding hydrogens is 470 g/mol. The van der Waals surface area contributed by atoms with Crippen LogP contribution in [0.25, 0.3) is 0 Å². The average Bonchev–Trinajstić information content (AvgIpc) is 2.75. The van der Waals surface area contributed by atoms with E-state index in [0.717, 1.165) is 5.56 Å². The lowest BCUT2D eigenvalue weighted by atomic mass is 10.00. The third-order valence-corrected chi connectivity index (χ3v) is 5.68. The van der Waals surface area contributed by atoms with Crippen molar-refractivity contribution in [3.05, 3.63) is 35.9 Å². The van der Waals surface area contributed by atoms with Gasteiger partial charge in [0.1, 0.15) is 23.7 Å². The van der Waals surface area contributed by atoms with Crippen LogP contribution in [0.3, 0.4) is 0 Å². The predicted molar refractivity (Wildman–Crippen MR) is 137 cm³/mol. The summed E-state index contributed by atoms with van der Waals surface area (Å²) in [6.45, 7) is 9.08. The summed E-state index contributed by atoms with van der Waals surface area (Å²) >= 11 is 1.29. The van der Waals surface area contributed by atoms with Crippen LogP contribution in [-0.4, -0.2) is 76.7 Å². The first-order valence-corrected chi connectivity index (χ1v) is 13.0. The number of likely N-dealkylation sites (N-methyl/N-ethyl adjacent to an activating group) is 1. The summed E-state index contributed by atoms with van der Waals surface area (Å²) in [6, 6.07) is 6.11. The highest BCUT2D eigenvalue weighted by atomic mass is 32.2. The number of benzene rings is 1. The fourth-order valence-corrected chi connectivity index (χ4v) is 3.85. The number of hydrogen-bond acceptors (Lipinski definition) is 6. The molecule has 3 unspecified atom stereocenters. The molecule has 10 heteroatoms. The van der Waals surface area contributed by atoms with E-state index in [1.54, 1.807) is 27.0 Å². The molecule has 0 aliphatic carbocycles. The van der Waals surface area contributed by atoms with Crippen LogP contribution in [0.2, 0.25) is 0 Å². The van der Waals surface area contributed by atoms with E-state index in [4.69, 9.17) is 4.74 Å². The fourth-order valence-electron chi connectivity index (χ4n) is 3.29. The largest absolute Gasteiger partial charge is 0.480 e. The Balaban J connectivity index is 3.18. The Morgan fingerprint density at radius 2 is 1.60 bits per heavy atom. The summed E-state index contributed by atoms with van der Waals surface area (Å²) in [4.78, 5) is 52.0. The second kappa shape index (κ2) is 14.0. The van der Waals surface area contributed by atoms with E-state index in [-0.39, 0.29) is 18.1 Å². The highest BCUT2D eigenvalue weighted by Gasteiger charge is 2.34. The maximum Gasteiger partial charge on any atom is 0.410 e. The smallest absolute Gasteiger partial charge is 0.410 e. The van der Waals surface area contributed by atoms with Crippen molar-refractivity contribution < 1.29 is 29.0 Å². The highest BCUT2D eigenvalue weighted by molar-refractivity contribution is 7.98. The van der Waals surface area contributed by atoms with Crippen LogP contribution in [0.1, 0.15) is 46.6 Å². The fraction of sp³-hybridized carbons (Fsp3) is 0.600. The molecule has 0 radical (unpaired) electrons. The van der Waals surface area contributed by atoms with Crippen LogP contribution in [0.15, 0.2) is 30.3 Å². The van der Waals surface area contributed by atoms with Crippen molar-refractivity contribution in [1.29, 1.82) is 0 Å². The number of carbonyl (C=O) groups is 4. The molecule has 1 rings (SSSR count). The summed E-state index contributed by atoms with van der Waals surface area (Å²) in [5, 5.41) is 14.7. The Morgan fingerprint density at radius 3 is 2.09 bits per heavy atom. The third-order valence-electron chi connectivity index (χ3n) is 5.01. The number of carboxylic acids is 1. The maximum atomic E-state index is 13.4. The first kappa shape index (κ1) is 30.3. The minimum absolute atomic E-state index is 0.0787. The van der Waals surface area contributed by atoms with E-state index in [1.165, 1.54) is 23.7 Å². The standard InChI is InChI=1S/C25H39N3O6S/c1-16(2)13-20(28(6)24(33)34-25(3,4)5)22(30)26-18(14-17-11-9-8-10-12-17)21(29)27-19(15-35-7)23(31)32/h8-12,16,18-20H,13-15H2,1-7H3,(H,26,30)(H,27,29)(H,31,32). The van der Waals surface area contributed by atoms with Crippen molar-refractivity contribution in [3.63, 3.8) is 0 Å². The van der Waals surface area contributed by atoms with Crippen LogP contribution < -0.4 is 10.6 Å². The van der Waals surface area contributed by atoms with Crippen molar-refractivity contribution in [3.8, 4) is 0 Å². The lowest BCUT2D eigenvalue weighted by Crippen LogP contribution is -2.57. The van der Waals surface area contributed by atoms with Gasteiger partial charge in [-0.1, -0.05) is 44.2 Å². The van der Waals surface area contributed by atoms with Crippen molar-refractivity contribution in [2.24, 2.45) is 5.92 Å². The molecular formula is C25H39N3O6S. The van der Waals surface area contributed by atoms with Gasteiger partial charge in [0.25, 0.3) is 0 Å². The number of amides is 3. The predicted octanol–water partition coefficient (Wildman–Crippen LogP) is 2.93. The minimum Gasteiger partial charge on any atom is -0.480 e. The number of hydrogen-bond donors (Lipinski definition) is 3. The molecule has 0 heterocycles. The Labute approximate surface area is 212 Å². The zero-order valence-corrected chi connectivity index (χ0v) is 22.5. The van der Waals surface area contributed by atoms with E-state index in [1.807, 2.05) is 44.2 Å². The Morgan fingerprint density at radius 1 is 1.03 bits per heavy atom. The van der Waals surface area contributed by atoms with E-state index >= 15 is 0 Å². The molecule has 196 valence electrons. The molecule has 3 N–H and O–H groups in total. The van der Waals surface area contributed by atoms with Crippen LogP contribution in [0, 0.1) is 5.92 Å². The molecule has 0 spiro atoms. The molecule has 3 atom stereocenters. The maximum absolute atomic E-state index is 13.4. The van der Waals surface area contributed by atoms with Gasteiger partial charge in [-0.25, -0.2) is 9.59 Å². The van der Waals surface area contributed by atoms with E-state index in [0.29, 0.717) is 6.42 Å². The summed E-state index contributed by atoms with van der Waals surface area (Å²) in [7, 11) is 1.49. The second-order valence-electron chi connectivity index (χ2n) is 9.84. The van der Waals surface area contributed by atoms with Gasteiger partial charge in [-0.15, -0.1) is 0 Å². The average molecular weight is 510 g/mol. The van der Waals surface area contributed by atoms with Crippen molar-refractivity contribution >= 4 is 35.6 Å². The van der Waals surface area contributed by atoms with Gasteiger partial charge in [0, 0.05) is 19.2 Å². The van der Waals surface area contributed by atoms with E-state index in [2.05, 4.69) is 10.6 Å². The first-order valence-electron chi connectivity index (χ1n) is 11.6. The Hall–Kier alpha value is -2.75. The molecule has 35 heavy (non-hydrogen) atoms. The molecule has 0 aliphatic heterocycles. The van der Waals surface area contributed by atoms with Crippen LogP contribution in [0.5, 0.6) is 0 Å².